The summed E-state index contributed by atoms with van der Waals surface area (Å²) in [4.78, 5) is 10.7. The number of carboxylic acid groups (broad SMARTS) is 1. The number of hydrogen-bond acceptors (Lipinski definition) is 3. The second-order valence-electron chi connectivity index (χ2n) is 3.93. The lowest BCUT2D eigenvalue weighted by Crippen LogP contribution is -2.48. The first-order valence-electron chi connectivity index (χ1n) is 5.58. The van der Waals surface area contributed by atoms with Gasteiger partial charge in [-0.1, -0.05) is 20.8 Å². The highest BCUT2D eigenvalue weighted by Crippen LogP contribution is 2.23. The van der Waals surface area contributed by atoms with Crippen LogP contribution in [-0.2, 0) is 9.22 Å². The first-order chi connectivity index (χ1) is 6.92. The van der Waals surface area contributed by atoms with Crippen molar-refractivity contribution in [1.82, 2.24) is 0 Å². The number of rotatable bonds is 7. The summed E-state index contributed by atoms with van der Waals surface area (Å²) in [7, 11) is -1.73. The van der Waals surface area contributed by atoms with Crippen LogP contribution in [0.15, 0.2) is 0 Å². The van der Waals surface area contributed by atoms with Crippen LogP contribution in [-0.4, -0.2) is 31.5 Å². The number of carboxylic acids is 1. The van der Waals surface area contributed by atoms with Crippen molar-refractivity contribution in [2.24, 2.45) is 5.73 Å². The van der Waals surface area contributed by atoms with E-state index in [1.54, 1.807) is 6.92 Å². The summed E-state index contributed by atoms with van der Waals surface area (Å²) >= 11 is 0. The standard InChI is InChI=1S/C10H23NO3Si/c1-5-15(6-2,7-3)14-8(4)9(11)10(12)13/h8-9H,5-7,11H2,1-4H3,(H,12,13)/t8-,9-/m0/s1. The van der Waals surface area contributed by atoms with Gasteiger partial charge in [-0.2, -0.15) is 0 Å². The highest BCUT2D eigenvalue weighted by molar-refractivity contribution is 6.73. The number of hydrogen-bond donors (Lipinski definition) is 2. The Morgan fingerprint density at radius 1 is 1.33 bits per heavy atom. The van der Waals surface area contributed by atoms with E-state index in [-0.39, 0.29) is 0 Å². The zero-order valence-electron chi connectivity index (χ0n) is 10.1. The summed E-state index contributed by atoms with van der Waals surface area (Å²) in [5.74, 6) is -0.992. The summed E-state index contributed by atoms with van der Waals surface area (Å²) in [6, 6.07) is 2.12. The van der Waals surface area contributed by atoms with Crippen LogP contribution in [0, 0.1) is 0 Å². The monoisotopic (exact) mass is 233 g/mol. The van der Waals surface area contributed by atoms with Crippen molar-refractivity contribution in [3.05, 3.63) is 0 Å². The Hall–Kier alpha value is -0.393. The second-order valence-corrected chi connectivity index (χ2v) is 8.65. The van der Waals surface area contributed by atoms with Crippen molar-refractivity contribution in [3.8, 4) is 0 Å². The van der Waals surface area contributed by atoms with E-state index in [4.69, 9.17) is 15.3 Å². The van der Waals surface area contributed by atoms with Crippen molar-refractivity contribution >= 4 is 14.3 Å². The topological polar surface area (TPSA) is 72.5 Å². The van der Waals surface area contributed by atoms with Crippen LogP contribution < -0.4 is 5.73 Å². The molecular formula is C10H23NO3Si. The third kappa shape index (κ3) is 3.93. The third-order valence-corrected chi connectivity index (χ3v) is 7.90. The molecular weight excluding hydrogens is 210 g/mol. The fraction of sp³-hybridized carbons (Fsp3) is 0.900. The van der Waals surface area contributed by atoms with E-state index in [1.807, 2.05) is 0 Å². The van der Waals surface area contributed by atoms with Gasteiger partial charge in [0.2, 0.25) is 0 Å². The van der Waals surface area contributed by atoms with Crippen molar-refractivity contribution in [2.75, 3.05) is 0 Å². The zero-order chi connectivity index (χ0) is 12.1. The Morgan fingerprint density at radius 3 is 2.00 bits per heavy atom. The van der Waals surface area contributed by atoms with E-state index in [0.717, 1.165) is 18.1 Å². The summed E-state index contributed by atoms with van der Waals surface area (Å²) in [6.07, 6.45) is -0.394. The number of carbonyl (C=O) groups is 1. The van der Waals surface area contributed by atoms with Gasteiger partial charge < -0.3 is 15.3 Å². The maximum atomic E-state index is 10.7. The van der Waals surface area contributed by atoms with Gasteiger partial charge in [0.25, 0.3) is 0 Å². The Labute approximate surface area is 92.9 Å². The fourth-order valence-corrected chi connectivity index (χ4v) is 4.60. The largest absolute Gasteiger partial charge is 0.480 e. The van der Waals surface area contributed by atoms with Crippen molar-refractivity contribution in [1.29, 1.82) is 0 Å². The fourth-order valence-electron chi connectivity index (χ4n) is 1.67. The predicted octanol–water partition coefficient (Wildman–Crippen LogP) is 1.81. The molecule has 0 unspecified atom stereocenters. The molecule has 15 heavy (non-hydrogen) atoms. The molecule has 0 aliphatic heterocycles. The van der Waals surface area contributed by atoms with Gasteiger partial charge in [-0.05, 0) is 25.1 Å². The van der Waals surface area contributed by atoms with Crippen LogP contribution in [0.2, 0.25) is 18.1 Å². The molecule has 0 radical (unpaired) electrons. The minimum absolute atomic E-state index is 0.394. The minimum Gasteiger partial charge on any atom is -0.480 e. The molecule has 0 saturated heterocycles. The molecule has 0 fully saturated rings. The van der Waals surface area contributed by atoms with Gasteiger partial charge in [0.15, 0.2) is 8.32 Å². The van der Waals surface area contributed by atoms with Gasteiger partial charge >= 0.3 is 5.97 Å². The average Bonchev–Trinajstić information content (AvgIpc) is 2.24. The molecule has 0 heterocycles. The molecule has 2 atom stereocenters. The Kier molecular flexibility index (Phi) is 6.08. The smallest absolute Gasteiger partial charge is 0.323 e. The van der Waals surface area contributed by atoms with Gasteiger partial charge in [-0.3, -0.25) is 4.79 Å². The lowest BCUT2D eigenvalue weighted by molar-refractivity contribution is -0.140. The van der Waals surface area contributed by atoms with E-state index in [1.165, 1.54) is 0 Å². The zero-order valence-corrected chi connectivity index (χ0v) is 11.1. The van der Waals surface area contributed by atoms with E-state index in [9.17, 15) is 4.79 Å². The van der Waals surface area contributed by atoms with Gasteiger partial charge in [-0.25, -0.2) is 0 Å². The molecule has 3 N–H and O–H groups in total. The van der Waals surface area contributed by atoms with Crippen LogP contribution in [0.1, 0.15) is 27.7 Å². The summed E-state index contributed by atoms with van der Waals surface area (Å²) in [5, 5.41) is 8.78. The van der Waals surface area contributed by atoms with Gasteiger partial charge in [-0.15, -0.1) is 0 Å². The Bertz CT molecular complexity index is 199. The molecule has 0 bridgehead atoms. The van der Waals surface area contributed by atoms with E-state index >= 15 is 0 Å². The van der Waals surface area contributed by atoms with Crippen LogP contribution in [0.4, 0.5) is 0 Å². The Balaban J connectivity index is 4.47. The highest BCUT2D eigenvalue weighted by Gasteiger charge is 2.33. The van der Waals surface area contributed by atoms with Crippen LogP contribution in [0.3, 0.4) is 0 Å². The second kappa shape index (κ2) is 6.25. The SMILES string of the molecule is CC[Si](CC)(CC)O[C@@H](C)[C@H](N)C(=O)O. The molecule has 0 rings (SSSR count). The van der Waals surface area contributed by atoms with E-state index < -0.39 is 26.4 Å². The molecule has 0 aromatic heterocycles. The molecule has 0 amide bonds. The number of nitrogens with two attached hydrogens (primary N) is 1. The Morgan fingerprint density at radius 2 is 1.73 bits per heavy atom. The van der Waals surface area contributed by atoms with Gasteiger partial charge in [0.05, 0.1) is 6.10 Å². The third-order valence-electron chi connectivity index (χ3n) is 3.16. The molecule has 0 aromatic rings. The highest BCUT2D eigenvalue weighted by atomic mass is 28.4. The molecule has 0 aliphatic carbocycles. The molecule has 0 aromatic carbocycles. The molecule has 0 aliphatic rings. The van der Waals surface area contributed by atoms with Gasteiger partial charge in [0.1, 0.15) is 6.04 Å². The summed E-state index contributed by atoms with van der Waals surface area (Å²) in [5.41, 5.74) is 5.53. The molecule has 0 spiro atoms. The summed E-state index contributed by atoms with van der Waals surface area (Å²) in [6.45, 7) is 8.08. The molecule has 4 nitrogen and oxygen atoms in total. The number of aliphatic carboxylic acids is 1. The average molecular weight is 233 g/mol. The maximum Gasteiger partial charge on any atom is 0.323 e. The molecule has 90 valence electrons. The normalized spacial score (nSPS) is 16.1. The predicted molar refractivity (Wildman–Crippen MR) is 63.4 cm³/mol. The lowest BCUT2D eigenvalue weighted by Gasteiger charge is -2.33. The van der Waals surface area contributed by atoms with Gasteiger partial charge in [0, 0.05) is 0 Å². The van der Waals surface area contributed by atoms with Crippen molar-refractivity contribution in [2.45, 2.75) is 58.0 Å². The van der Waals surface area contributed by atoms with Crippen molar-refractivity contribution in [3.63, 3.8) is 0 Å². The quantitative estimate of drug-likeness (QED) is 0.658. The molecule has 0 saturated carbocycles. The molecule has 5 heteroatoms. The van der Waals surface area contributed by atoms with Crippen LogP contribution in [0.5, 0.6) is 0 Å². The van der Waals surface area contributed by atoms with E-state index in [0.29, 0.717) is 0 Å². The minimum atomic E-state index is -1.73. The maximum absolute atomic E-state index is 10.7. The first kappa shape index (κ1) is 14.6. The van der Waals surface area contributed by atoms with Crippen LogP contribution in [0.25, 0.3) is 0 Å². The van der Waals surface area contributed by atoms with Crippen molar-refractivity contribution < 1.29 is 14.3 Å². The lowest BCUT2D eigenvalue weighted by atomic mass is 10.2. The van der Waals surface area contributed by atoms with Crippen LogP contribution >= 0.6 is 0 Å². The van der Waals surface area contributed by atoms with E-state index in [2.05, 4.69) is 20.8 Å². The summed E-state index contributed by atoms with van der Waals surface area (Å²) < 4.78 is 5.94. The first-order valence-corrected chi connectivity index (χ1v) is 8.11.